The van der Waals surface area contributed by atoms with Gasteiger partial charge in [-0.2, -0.15) is 0 Å². The second-order valence-corrected chi connectivity index (χ2v) is 13.7. The highest BCUT2D eigenvalue weighted by Crippen LogP contribution is 2.35. The van der Waals surface area contributed by atoms with Crippen LogP contribution in [0.3, 0.4) is 0 Å². The molecule has 0 bridgehead atoms. The average molecular weight is 638 g/mol. The largest absolute Gasteiger partial charge is 0.326 e. The van der Waals surface area contributed by atoms with Gasteiger partial charge in [0.2, 0.25) is 11.9 Å². The minimum Gasteiger partial charge on any atom is -0.326 e. The van der Waals surface area contributed by atoms with Crippen molar-refractivity contribution in [3.63, 3.8) is 0 Å². The maximum absolute atomic E-state index is 12.7. The molecule has 0 atom stereocenters. The second kappa shape index (κ2) is 13.4. The molecule has 1 amide bonds. The Labute approximate surface area is 265 Å². The lowest BCUT2D eigenvalue weighted by atomic mass is 10.1. The molecule has 3 N–H and O–H groups in total. The van der Waals surface area contributed by atoms with Crippen LogP contribution in [0.15, 0.2) is 103 Å². The van der Waals surface area contributed by atoms with Gasteiger partial charge in [-0.1, -0.05) is 54.6 Å². The normalized spacial score (nSPS) is 11.5. The number of benzene rings is 3. The Balaban J connectivity index is 1.23. The van der Waals surface area contributed by atoms with Crippen LogP contribution in [0.4, 0.5) is 17.3 Å². The number of hydrogen-bond donors (Lipinski definition) is 3. The van der Waals surface area contributed by atoms with Crippen molar-refractivity contribution >= 4 is 49.4 Å². The number of aromatic nitrogens is 4. The van der Waals surface area contributed by atoms with Crippen LogP contribution in [0.5, 0.6) is 0 Å². The predicted octanol–water partition coefficient (Wildman–Crippen LogP) is 5.58. The van der Waals surface area contributed by atoms with Crippen LogP contribution >= 0.6 is 11.3 Å². The predicted molar refractivity (Wildman–Crippen MR) is 179 cm³/mol. The van der Waals surface area contributed by atoms with Crippen LogP contribution in [0.25, 0.3) is 27.6 Å². The summed E-state index contributed by atoms with van der Waals surface area (Å²) < 4.78 is 24.8. The number of fused-ring (bicyclic) bond motifs is 1. The Morgan fingerprint density at radius 2 is 1.71 bits per heavy atom. The Hall–Kier alpha value is -4.91. The van der Waals surface area contributed by atoms with Gasteiger partial charge in [0.15, 0.2) is 4.96 Å². The Bertz CT molecular complexity index is 2060. The maximum atomic E-state index is 12.7. The van der Waals surface area contributed by atoms with Crippen molar-refractivity contribution in [1.29, 1.82) is 0 Å². The molecule has 0 spiro atoms. The molecule has 0 unspecified atom stereocenters. The number of sulfone groups is 1. The zero-order valence-electron chi connectivity index (χ0n) is 24.5. The molecule has 0 aliphatic heterocycles. The van der Waals surface area contributed by atoms with Gasteiger partial charge in [-0.05, 0) is 41.5 Å². The first kappa shape index (κ1) is 30.1. The molecule has 0 aliphatic carbocycles. The molecule has 0 saturated heterocycles. The summed E-state index contributed by atoms with van der Waals surface area (Å²) in [6, 6.07) is 27.0. The molecule has 12 heteroatoms. The van der Waals surface area contributed by atoms with Crippen molar-refractivity contribution in [1.82, 2.24) is 24.7 Å². The Morgan fingerprint density at radius 3 is 2.56 bits per heavy atom. The molecule has 228 valence electrons. The third kappa shape index (κ3) is 7.79. The molecule has 3 aromatic heterocycles. The Morgan fingerprint density at radius 1 is 0.911 bits per heavy atom. The first-order valence-electron chi connectivity index (χ1n) is 14.3. The SMILES string of the molecule is CS(=O)(=O)CCNCc1cccc(Nc2nccc(-c3c(-c4cccc(NC(=O)Cc5ccccc5)c4)nc4sccn34)n2)c1. The van der Waals surface area contributed by atoms with Crippen molar-refractivity contribution in [3.8, 4) is 22.6 Å². The quantitative estimate of drug-likeness (QED) is 0.148. The van der Waals surface area contributed by atoms with Gasteiger partial charge in [0.1, 0.15) is 15.5 Å². The van der Waals surface area contributed by atoms with Gasteiger partial charge in [0, 0.05) is 54.1 Å². The lowest BCUT2D eigenvalue weighted by Gasteiger charge is -2.10. The monoisotopic (exact) mass is 637 g/mol. The van der Waals surface area contributed by atoms with Gasteiger partial charge in [-0.15, -0.1) is 11.3 Å². The van der Waals surface area contributed by atoms with Crippen molar-refractivity contribution in [3.05, 3.63) is 114 Å². The van der Waals surface area contributed by atoms with E-state index in [-0.39, 0.29) is 18.1 Å². The number of nitrogens with zero attached hydrogens (tertiary/aromatic N) is 4. The molecular weight excluding hydrogens is 607 g/mol. The van der Waals surface area contributed by atoms with E-state index in [2.05, 4.69) is 20.9 Å². The molecule has 6 aromatic rings. The third-order valence-electron chi connectivity index (χ3n) is 6.95. The lowest BCUT2D eigenvalue weighted by Crippen LogP contribution is -2.21. The van der Waals surface area contributed by atoms with Crippen LogP contribution in [0.2, 0.25) is 0 Å². The van der Waals surface area contributed by atoms with Crippen molar-refractivity contribution < 1.29 is 13.2 Å². The van der Waals surface area contributed by atoms with Crippen LogP contribution < -0.4 is 16.0 Å². The van der Waals surface area contributed by atoms with Crippen molar-refractivity contribution in [2.45, 2.75) is 13.0 Å². The molecule has 3 aromatic carbocycles. The van der Waals surface area contributed by atoms with E-state index in [1.807, 2.05) is 101 Å². The van der Waals surface area contributed by atoms with Crippen LogP contribution in [-0.2, 0) is 27.6 Å². The number of thiazole rings is 1. The van der Waals surface area contributed by atoms with Gasteiger partial charge in [0.25, 0.3) is 0 Å². The summed E-state index contributed by atoms with van der Waals surface area (Å²) in [6.07, 6.45) is 5.19. The summed E-state index contributed by atoms with van der Waals surface area (Å²) in [4.78, 5) is 27.8. The molecule has 3 heterocycles. The summed E-state index contributed by atoms with van der Waals surface area (Å²) in [5, 5.41) is 11.5. The maximum Gasteiger partial charge on any atom is 0.228 e. The lowest BCUT2D eigenvalue weighted by molar-refractivity contribution is -0.115. The number of rotatable bonds is 12. The topological polar surface area (TPSA) is 130 Å². The number of nitrogens with one attached hydrogen (secondary N) is 3. The average Bonchev–Trinajstić information content (AvgIpc) is 3.62. The van der Waals surface area contributed by atoms with E-state index in [4.69, 9.17) is 9.97 Å². The summed E-state index contributed by atoms with van der Waals surface area (Å²) in [7, 11) is -3.01. The fraction of sp³-hybridized carbons (Fsp3) is 0.152. The molecule has 6 rings (SSSR count). The van der Waals surface area contributed by atoms with E-state index in [1.165, 1.54) is 17.6 Å². The van der Waals surface area contributed by atoms with Crippen LogP contribution in [-0.4, -0.2) is 52.2 Å². The molecular formula is C33H31N7O3S2. The highest BCUT2D eigenvalue weighted by Gasteiger charge is 2.19. The number of imidazole rings is 1. The van der Waals surface area contributed by atoms with E-state index >= 15 is 0 Å². The number of carbonyl (C=O) groups excluding carboxylic acids is 1. The number of carbonyl (C=O) groups is 1. The smallest absolute Gasteiger partial charge is 0.228 e. The number of anilines is 3. The van der Waals surface area contributed by atoms with E-state index in [9.17, 15) is 13.2 Å². The molecule has 45 heavy (non-hydrogen) atoms. The van der Waals surface area contributed by atoms with E-state index < -0.39 is 9.84 Å². The number of hydrogen-bond acceptors (Lipinski definition) is 9. The fourth-order valence-electron chi connectivity index (χ4n) is 4.89. The highest BCUT2D eigenvalue weighted by molar-refractivity contribution is 7.90. The summed E-state index contributed by atoms with van der Waals surface area (Å²) in [5.74, 6) is 0.421. The molecule has 10 nitrogen and oxygen atoms in total. The van der Waals surface area contributed by atoms with Crippen LogP contribution in [0, 0.1) is 0 Å². The fourth-order valence-corrected chi connectivity index (χ4v) is 6.12. The van der Waals surface area contributed by atoms with Gasteiger partial charge in [-0.3, -0.25) is 9.20 Å². The van der Waals surface area contributed by atoms with E-state index in [0.717, 1.165) is 38.7 Å². The van der Waals surface area contributed by atoms with E-state index in [0.29, 0.717) is 30.4 Å². The van der Waals surface area contributed by atoms with Gasteiger partial charge in [-0.25, -0.2) is 23.4 Å². The molecule has 0 saturated carbocycles. The molecule has 0 aliphatic rings. The zero-order valence-corrected chi connectivity index (χ0v) is 26.1. The summed E-state index contributed by atoms with van der Waals surface area (Å²) >= 11 is 1.53. The second-order valence-electron chi connectivity index (χ2n) is 10.6. The van der Waals surface area contributed by atoms with Gasteiger partial charge >= 0.3 is 0 Å². The first-order chi connectivity index (χ1) is 21.8. The Kier molecular flexibility index (Phi) is 8.96. The third-order valence-corrected chi connectivity index (χ3v) is 8.65. The zero-order chi connectivity index (χ0) is 31.2. The minimum atomic E-state index is -3.01. The molecule has 0 fully saturated rings. The highest BCUT2D eigenvalue weighted by atomic mass is 32.2. The van der Waals surface area contributed by atoms with Gasteiger partial charge < -0.3 is 16.0 Å². The van der Waals surface area contributed by atoms with Crippen molar-refractivity contribution in [2.75, 3.05) is 29.2 Å². The van der Waals surface area contributed by atoms with Gasteiger partial charge in [0.05, 0.1) is 23.6 Å². The standard InChI is InChI=1S/C33H31N7O3S2/c1-45(42,43)18-15-34-22-24-9-5-11-26(19-24)37-32-35-14-13-28(38-32)31-30(39-33-40(31)16-17-44-33)25-10-6-12-27(21-25)36-29(41)20-23-7-3-2-4-8-23/h2-14,16-17,19,21,34H,15,18,20,22H2,1H3,(H,36,41)(H,35,37,38). The molecule has 0 radical (unpaired) electrons. The van der Waals surface area contributed by atoms with E-state index in [1.54, 1.807) is 6.20 Å². The summed E-state index contributed by atoms with van der Waals surface area (Å²) in [5.41, 5.74) is 6.53. The first-order valence-corrected chi connectivity index (χ1v) is 17.2. The van der Waals surface area contributed by atoms with Crippen LogP contribution in [0.1, 0.15) is 11.1 Å². The summed E-state index contributed by atoms with van der Waals surface area (Å²) in [6.45, 7) is 0.919. The van der Waals surface area contributed by atoms with Crippen molar-refractivity contribution in [2.24, 2.45) is 0 Å². The minimum absolute atomic E-state index is 0.0900. The number of amides is 1.